The molecule has 2 unspecified atom stereocenters. The van der Waals surface area contributed by atoms with Crippen molar-refractivity contribution in [1.82, 2.24) is 4.90 Å². The van der Waals surface area contributed by atoms with Crippen molar-refractivity contribution >= 4 is 23.4 Å². The van der Waals surface area contributed by atoms with Crippen LogP contribution in [-0.4, -0.2) is 35.2 Å². The number of carbonyl (C=O) groups is 2. The number of primary amides is 1. The smallest absolute Gasteiger partial charge is 0.240 e. The molecule has 1 saturated heterocycles. The van der Waals surface area contributed by atoms with E-state index in [1.807, 2.05) is 0 Å². The van der Waals surface area contributed by atoms with E-state index in [9.17, 15) is 9.59 Å². The lowest BCUT2D eigenvalue weighted by Gasteiger charge is -2.24. The largest absolute Gasteiger partial charge is 0.368 e. The topological polar surface area (TPSA) is 63.4 Å². The van der Waals surface area contributed by atoms with Gasteiger partial charge in [0.25, 0.3) is 0 Å². The summed E-state index contributed by atoms with van der Waals surface area (Å²) in [4.78, 5) is 24.3. The molecule has 0 aromatic carbocycles. The van der Waals surface area contributed by atoms with Crippen molar-refractivity contribution in [2.45, 2.75) is 25.8 Å². The molecule has 0 aliphatic carbocycles. The van der Waals surface area contributed by atoms with Gasteiger partial charge in [0, 0.05) is 18.3 Å². The summed E-state index contributed by atoms with van der Waals surface area (Å²) in [5, 5.41) is 0. The molecule has 5 heteroatoms. The molecule has 0 spiro atoms. The molecule has 14 heavy (non-hydrogen) atoms. The highest BCUT2D eigenvalue weighted by Gasteiger charge is 2.34. The fraction of sp³-hybridized carbons (Fsp3) is 0.778. The van der Waals surface area contributed by atoms with Gasteiger partial charge >= 0.3 is 0 Å². The molecule has 2 amide bonds. The van der Waals surface area contributed by atoms with Crippen molar-refractivity contribution in [2.75, 3.05) is 12.4 Å². The van der Waals surface area contributed by atoms with Crippen LogP contribution >= 0.6 is 11.6 Å². The molecule has 1 aliphatic rings. The number of halogens is 1. The highest BCUT2D eigenvalue weighted by atomic mass is 35.5. The van der Waals surface area contributed by atoms with E-state index in [1.54, 1.807) is 11.8 Å². The number of hydrogen-bond acceptors (Lipinski definition) is 2. The molecule has 1 fully saturated rings. The van der Waals surface area contributed by atoms with Gasteiger partial charge in [-0.05, 0) is 12.8 Å². The predicted octanol–water partition coefficient (Wildman–Crippen LogP) is 0.338. The highest BCUT2D eigenvalue weighted by Crippen LogP contribution is 2.19. The van der Waals surface area contributed by atoms with Crippen LogP contribution < -0.4 is 5.73 Å². The van der Waals surface area contributed by atoms with E-state index in [0.717, 1.165) is 6.42 Å². The molecule has 1 rings (SSSR count). The van der Waals surface area contributed by atoms with Crippen molar-refractivity contribution in [1.29, 1.82) is 0 Å². The van der Waals surface area contributed by atoms with Crippen molar-refractivity contribution in [3.8, 4) is 0 Å². The van der Waals surface area contributed by atoms with Gasteiger partial charge < -0.3 is 10.6 Å². The molecule has 80 valence electrons. The number of carbonyl (C=O) groups excluding carboxylic acids is 2. The van der Waals surface area contributed by atoms with Crippen LogP contribution in [0.1, 0.15) is 19.8 Å². The minimum absolute atomic E-state index is 0.0682. The number of nitrogens with zero attached hydrogens (tertiary/aromatic N) is 1. The van der Waals surface area contributed by atoms with Gasteiger partial charge in [0.1, 0.15) is 6.04 Å². The zero-order chi connectivity index (χ0) is 10.7. The first-order chi connectivity index (χ1) is 6.57. The molecule has 0 radical (unpaired) electrons. The van der Waals surface area contributed by atoms with E-state index >= 15 is 0 Å². The van der Waals surface area contributed by atoms with Gasteiger partial charge in [0.2, 0.25) is 11.8 Å². The van der Waals surface area contributed by atoms with Crippen LogP contribution in [0.2, 0.25) is 0 Å². The first-order valence-electron chi connectivity index (χ1n) is 4.73. The lowest BCUT2D eigenvalue weighted by molar-refractivity contribution is -0.139. The first-order valence-corrected chi connectivity index (χ1v) is 5.27. The summed E-state index contributed by atoms with van der Waals surface area (Å²) in [6, 6.07) is -0.423. The monoisotopic (exact) mass is 218 g/mol. The Bertz CT molecular complexity index is 245. The van der Waals surface area contributed by atoms with Crippen LogP contribution in [-0.2, 0) is 9.59 Å². The van der Waals surface area contributed by atoms with Crippen molar-refractivity contribution in [3.05, 3.63) is 0 Å². The zero-order valence-corrected chi connectivity index (χ0v) is 8.96. The Hall–Kier alpha value is -0.770. The van der Waals surface area contributed by atoms with Gasteiger partial charge in [-0.25, -0.2) is 0 Å². The summed E-state index contributed by atoms with van der Waals surface area (Å²) in [5.74, 6) is -0.448. The molecular weight excluding hydrogens is 204 g/mol. The Morgan fingerprint density at radius 3 is 2.79 bits per heavy atom. The second kappa shape index (κ2) is 4.64. The maximum Gasteiger partial charge on any atom is 0.240 e. The zero-order valence-electron chi connectivity index (χ0n) is 8.20. The molecule has 0 aromatic rings. The molecule has 0 aromatic heterocycles. The Balaban J connectivity index is 2.67. The van der Waals surface area contributed by atoms with Gasteiger partial charge in [-0.1, -0.05) is 6.92 Å². The van der Waals surface area contributed by atoms with Crippen LogP contribution in [0.4, 0.5) is 0 Å². The third-order valence-electron chi connectivity index (χ3n) is 2.52. The summed E-state index contributed by atoms with van der Waals surface area (Å²) in [7, 11) is 0. The molecule has 2 atom stereocenters. The quantitative estimate of drug-likeness (QED) is 0.695. The molecular formula is C9H15ClN2O2. The maximum absolute atomic E-state index is 11.7. The predicted molar refractivity (Wildman–Crippen MR) is 53.8 cm³/mol. The van der Waals surface area contributed by atoms with Crippen molar-refractivity contribution < 1.29 is 9.59 Å². The van der Waals surface area contributed by atoms with E-state index in [0.29, 0.717) is 13.0 Å². The second-order valence-electron chi connectivity index (χ2n) is 3.65. The second-order valence-corrected chi connectivity index (χ2v) is 3.96. The SMILES string of the molecule is CC(CCl)C(=O)N1CCCC1C(N)=O. The Morgan fingerprint density at radius 2 is 2.29 bits per heavy atom. The van der Waals surface area contributed by atoms with E-state index in [2.05, 4.69) is 0 Å². The minimum atomic E-state index is -0.423. The van der Waals surface area contributed by atoms with Gasteiger partial charge in [0.15, 0.2) is 0 Å². The fourth-order valence-electron chi connectivity index (χ4n) is 1.68. The Labute approximate surface area is 88.4 Å². The summed E-state index contributed by atoms with van der Waals surface area (Å²) in [5.41, 5.74) is 5.20. The average Bonchev–Trinajstić information content (AvgIpc) is 2.63. The third kappa shape index (κ3) is 2.18. The van der Waals surface area contributed by atoms with Gasteiger partial charge in [0.05, 0.1) is 0 Å². The number of hydrogen-bond donors (Lipinski definition) is 1. The standard InChI is InChI=1S/C9H15ClN2O2/c1-6(5-10)9(14)12-4-2-3-7(12)8(11)13/h6-7H,2-5H2,1H3,(H2,11,13). The van der Waals surface area contributed by atoms with Crippen LogP contribution in [0, 0.1) is 5.92 Å². The molecule has 4 nitrogen and oxygen atoms in total. The summed E-state index contributed by atoms with van der Waals surface area (Å²) in [6.45, 7) is 2.37. The Kier molecular flexibility index (Phi) is 3.75. The number of nitrogens with two attached hydrogens (primary N) is 1. The molecule has 0 saturated carbocycles. The lowest BCUT2D eigenvalue weighted by atomic mass is 10.1. The maximum atomic E-state index is 11.7. The van der Waals surface area contributed by atoms with Crippen molar-refractivity contribution in [3.63, 3.8) is 0 Å². The lowest BCUT2D eigenvalue weighted by Crippen LogP contribution is -2.45. The summed E-state index contributed by atoms with van der Waals surface area (Å²) >= 11 is 5.59. The van der Waals surface area contributed by atoms with Gasteiger partial charge in [-0.15, -0.1) is 11.6 Å². The number of alkyl halides is 1. The first kappa shape index (κ1) is 11.3. The average molecular weight is 219 g/mol. The third-order valence-corrected chi connectivity index (χ3v) is 2.98. The van der Waals surface area contributed by atoms with Crippen LogP contribution in [0.5, 0.6) is 0 Å². The van der Waals surface area contributed by atoms with Gasteiger partial charge in [-0.3, -0.25) is 9.59 Å². The van der Waals surface area contributed by atoms with Crippen LogP contribution in [0.25, 0.3) is 0 Å². The van der Waals surface area contributed by atoms with Crippen LogP contribution in [0.15, 0.2) is 0 Å². The van der Waals surface area contributed by atoms with Gasteiger partial charge in [-0.2, -0.15) is 0 Å². The highest BCUT2D eigenvalue weighted by molar-refractivity contribution is 6.19. The molecule has 1 heterocycles. The summed E-state index contributed by atoms with van der Waals surface area (Å²) < 4.78 is 0. The van der Waals surface area contributed by atoms with E-state index in [4.69, 9.17) is 17.3 Å². The van der Waals surface area contributed by atoms with E-state index < -0.39 is 11.9 Å². The Morgan fingerprint density at radius 1 is 1.64 bits per heavy atom. The number of rotatable bonds is 3. The van der Waals surface area contributed by atoms with E-state index in [-0.39, 0.29) is 17.7 Å². The summed E-state index contributed by atoms with van der Waals surface area (Å²) in [6.07, 6.45) is 1.52. The number of amides is 2. The molecule has 0 bridgehead atoms. The normalized spacial score (nSPS) is 23.6. The molecule has 1 aliphatic heterocycles. The fourth-order valence-corrected chi connectivity index (χ4v) is 1.81. The van der Waals surface area contributed by atoms with E-state index in [1.165, 1.54) is 0 Å². The number of likely N-dealkylation sites (tertiary alicyclic amines) is 1. The minimum Gasteiger partial charge on any atom is -0.368 e. The van der Waals surface area contributed by atoms with Crippen molar-refractivity contribution in [2.24, 2.45) is 11.7 Å². The molecule has 2 N–H and O–H groups in total. The van der Waals surface area contributed by atoms with Crippen LogP contribution in [0.3, 0.4) is 0 Å².